The summed E-state index contributed by atoms with van der Waals surface area (Å²) in [6.45, 7) is 1.70. The fourth-order valence-corrected chi connectivity index (χ4v) is 4.53. The maximum absolute atomic E-state index is 5.67. The molecule has 0 aromatic heterocycles. The van der Waals surface area contributed by atoms with Crippen molar-refractivity contribution in [3.8, 4) is 0 Å². The molecule has 0 N–H and O–H groups in total. The molecule has 98 valence electrons. The Balaban J connectivity index is 1.65. The third-order valence-electron chi connectivity index (χ3n) is 3.04. The van der Waals surface area contributed by atoms with Crippen LogP contribution in [0.25, 0.3) is 0 Å². The Morgan fingerprint density at radius 1 is 0.684 bits per heavy atom. The van der Waals surface area contributed by atoms with Crippen LogP contribution in [-0.4, -0.2) is 23.7 Å². The summed E-state index contributed by atoms with van der Waals surface area (Å²) >= 11 is 3.87. The van der Waals surface area contributed by atoms with Gasteiger partial charge in [-0.2, -0.15) is 0 Å². The number of hydrogen-bond donors (Lipinski definition) is 0. The molecule has 1 aliphatic heterocycles. The van der Waals surface area contributed by atoms with E-state index in [0.29, 0.717) is 10.5 Å². The monoisotopic (exact) mass is 288 g/mol. The summed E-state index contributed by atoms with van der Waals surface area (Å²) in [5, 5.41) is 1.07. The lowest BCUT2D eigenvalue weighted by atomic mass is 10.3. The topological polar surface area (TPSA) is 9.23 Å². The fourth-order valence-electron chi connectivity index (χ4n) is 2.08. The second kappa shape index (κ2) is 6.51. The summed E-state index contributed by atoms with van der Waals surface area (Å²) in [6, 6.07) is 21.2. The summed E-state index contributed by atoms with van der Waals surface area (Å²) in [6.07, 6.45) is 0. The standard InChI is InChI=1S/C16H16OS2/c1-3-7-13(8-4-1)18-15-11-17-12-16(15)19-14-9-5-2-6-10-14/h1-10,15-16H,11-12H2. The van der Waals surface area contributed by atoms with E-state index in [4.69, 9.17) is 4.74 Å². The van der Waals surface area contributed by atoms with Gasteiger partial charge in [0, 0.05) is 20.3 Å². The number of thioether (sulfide) groups is 2. The summed E-state index contributed by atoms with van der Waals surface area (Å²) in [7, 11) is 0. The lowest BCUT2D eigenvalue weighted by Gasteiger charge is -2.16. The van der Waals surface area contributed by atoms with Gasteiger partial charge in [0.2, 0.25) is 0 Å². The van der Waals surface area contributed by atoms with Gasteiger partial charge >= 0.3 is 0 Å². The maximum Gasteiger partial charge on any atom is 0.0600 e. The molecule has 0 bridgehead atoms. The van der Waals surface area contributed by atoms with Crippen molar-refractivity contribution in [1.29, 1.82) is 0 Å². The van der Waals surface area contributed by atoms with Crippen LogP contribution >= 0.6 is 23.5 Å². The van der Waals surface area contributed by atoms with Crippen LogP contribution in [0.3, 0.4) is 0 Å². The second-order valence-electron chi connectivity index (χ2n) is 4.48. The van der Waals surface area contributed by atoms with Gasteiger partial charge in [-0.15, -0.1) is 23.5 Å². The quantitative estimate of drug-likeness (QED) is 0.828. The number of benzene rings is 2. The Kier molecular flexibility index (Phi) is 4.49. The average Bonchev–Trinajstić information content (AvgIpc) is 2.88. The molecule has 0 aliphatic carbocycles. The highest BCUT2D eigenvalue weighted by atomic mass is 32.2. The van der Waals surface area contributed by atoms with E-state index in [2.05, 4.69) is 60.7 Å². The highest BCUT2D eigenvalue weighted by molar-refractivity contribution is 8.03. The smallest absolute Gasteiger partial charge is 0.0600 e. The zero-order chi connectivity index (χ0) is 12.9. The van der Waals surface area contributed by atoms with Crippen LogP contribution in [0, 0.1) is 0 Å². The molecule has 3 rings (SSSR count). The van der Waals surface area contributed by atoms with Crippen LogP contribution in [0.4, 0.5) is 0 Å². The molecule has 1 saturated heterocycles. The highest BCUT2D eigenvalue weighted by Crippen LogP contribution is 2.37. The van der Waals surface area contributed by atoms with Crippen molar-refractivity contribution in [3.63, 3.8) is 0 Å². The van der Waals surface area contributed by atoms with Gasteiger partial charge in [0.15, 0.2) is 0 Å². The Morgan fingerprint density at radius 3 is 1.53 bits per heavy atom. The first-order chi connectivity index (χ1) is 9.42. The minimum absolute atomic E-state index is 0.535. The molecule has 2 atom stereocenters. The summed E-state index contributed by atoms with van der Waals surface area (Å²) in [4.78, 5) is 2.66. The normalized spacial score (nSPS) is 22.5. The van der Waals surface area contributed by atoms with Gasteiger partial charge in [-0.3, -0.25) is 0 Å². The van der Waals surface area contributed by atoms with E-state index >= 15 is 0 Å². The number of hydrogen-bond acceptors (Lipinski definition) is 3. The Labute approximate surface area is 122 Å². The van der Waals surface area contributed by atoms with Crippen molar-refractivity contribution in [2.75, 3.05) is 13.2 Å². The van der Waals surface area contributed by atoms with E-state index in [-0.39, 0.29) is 0 Å². The molecule has 0 saturated carbocycles. The van der Waals surface area contributed by atoms with Gasteiger partial charge in [-0.05, 0) is 24.3 Å². The molecule has 1 aliphatic rings. The molecule has 19 heavy (non-hydrogen) atoms. The van der Waals surface area contributed by atoms with Crippen molar-refractivity contribution in [3.05, 3.63) is 60.7 Å². The van der Waals surface area contributed by atoms with Crippen LogP contribution in [-0.2, 0) is 4.74 Å². The second-order valence-corrected chi connectivity index (χ2v) is 7.10. The van der Waals surface area contributed by atoms with Crippen molar-refractivity contribution in [2.24, 2.45) is 0 Å². The molecular formula is C16H16OS2. The first-order valence-electron chi connectivity index (χ1n) is 6.43. The molecule has 3 heteroatoms. The third kappa shape index (κ3) is 3.56. The summed E-state index contributed by atoms with van der Waals surface area (Å²) in [5.41, 5.74) is 0. The van der Waals surface area contributed by atoms with Gasteiger partial charge in [-0.1, -0.05) is 36.4 Å². The predicted octanol–water partition coefficient (Wildman–Crippen LogP) is 4.34. The van der Waals surface area contributed by atoms with Crippen LogP contribution in [0.15, 0.2) is 70.5 Å². The van der Waals surface area contributed by atoms with Crippen molar-refractivity contribution < 1.29 is 4.74 Å². The van der Waals surface area contributed by atoms with Crippen molar-refractivity contribution >= 4 is 23.5 Å². The number of rotatable bonds is 4. The number of ether oxygens (including phenoxy) is 1. The van der Waals surface area contributed by atoms with Crippen LogP contribution in [0.2, 0.25) is 0 Å². The molecule has 0 amide bonds. The van der Waals surface area contributed by atoms with E-state index in [1.165, 1.54) is 9.79 Å². The van der Waals surface area contributed by atoms with Crippen LogP contribution in [0.5, 0.6) is 0 Å². The van der Waals surface area contributed by atoms with Crippen molar-refractivity contribution in [2.45, 2.75) is 20.3 Å². The lowest BCUT2D eigenvalue weighted by Crippen LogP contribution is -2.16. The van der Waals surface area contributed by atoms with E-state index in [9.17, 15) is 0 Å². The first-order valence-corrected chi connectivity index (χ1v) is 8.19. The molecule has 0 radical (unpaired) electrons. The Morgan fingerprint density at radius 2 is 1.11 bits per heavy atom. The average molecular weight is 288 g/mol. The fraction of sp³-hybridized carbons (Fsp3) is 0.250. The molecular weight excluding hydrogens is 272 g/mol. The molecule has 1 nitrogen and oxygen atoms in total. The van der Waals surface area contributed by atoms with Gasteiger partial charge in [-0.25, -0.2) is 0 Å². The van der Waals surface area contributed by atoms with E-state index in [0.717, 1.165) is 13.2 Å². The maximum atomic E-state index is 5.67. The minimum Gasteiger partial charge on any atom is -0.379 e. The van der Waals surface area contributed by atoms with E-state index in [1.807, 2.05) is 23.5 Å². The summed E-state index contributed by atoms with van der Waals surface area (Å²) in [5.74, 6) is 0. The van der Waals surface area contributed by atoms with Crippen LogP contribution in [0.1, 0.15) is 0 Å². The SMILES string of the molecule is c1ccc(SC2COCC2Sc2ccccc2)cc1. The van der Waals surface area contributed by atoms with Crippen molar-refractivity contribution in [1.82, 2.24) is 0 Å². The van der Waals surface area contributed by atoms with E-state index < -0.39 is 0 Å². The largest absolute Gasteiger partial charge is 0.379 e. The van der Waals surface area contributed by atoms with Gasteiger partial charge in [0.05, 0.1) is 13.2 Å². The van der Waals surface area contributed by atoms with Crippen LogP contribution < -0.4 is 0 Å². The minimum atomic E-state index is 0.535. The molecule has 1 heterocycles. The molecule has 2 aromatic carbocycles. The highest BCUT2D eigenvalue weighted by Gasteiger charge is 2.29. The first kappa shape index (κ1) is 13.1. The Hall–Kier alpha value is -0.900. The van der Waals surface area contributed by atoms with Gasteiger partial charge < -0.3 is 4.74 Å². The molecule has 0 spiro atoms. The molecule has 1 fully saturated rings. The Bertz CT molecular complexity index is 453. The zero-order valence-electron chi connectivity index (χ0n) is 10.6. The summed E-state index contributed by atoms with van der Waals surface area (Å²) < 4.78 is 5.67. The predicted molar refractivity (Wildman–Crippen MR) is 83.0 cm³/mol. The lowest BCUT2D eigenvalue weighted by molar-refractivity contribution is 0.200. The van der Waals surface area contributed by atoms with Gasteiger partial charge in [0.1, 0.15) is 0 Å². The van der Waals surface area contributed by atoms with E-state index in [1.54, 1.807) is 0 Å². The van der Waals surface area contributed by atoms with Gasteiger partial charge in [0.25, 0.3) is 0 Å². The zero-order valence-corrected chi connectivity index (χ0v) is 12.2. The third-order valence-corrected chi connectivity index (χ3v) is 5.84. The molecule has 2 aromatic rings. The molecule has 2 unspecified atom stereocenters.